The monoisotopic (exact) mass is 439 g/mol. The predicted octanol–water partition coefficient (Wildman–Crippen LogP) is 2.34. The number of amides is 2. The maximum atomic E-state index is 14.1. The molecule has 1 N–H and O–H groups in total. The van der Waals surface area contributed by atoms with Gasteiger partial charge in [-0.3, -0.25) is 19.2 Å². The average molecular weight is 440 g/mol. The third kappa shape index (κ3) is 4.91. The lowest BCUT2D eigenvalue weighted by Crippen LogP contribution is -2.46. The molecule has 0 saturated carbocycles. The zero-order chi connectivity index (χ0) is 22.7. The Hall–Kier alpha value is -3.00. The molecule has 1 aromatic heterocycles. The molecule has 0 aliphatic carbocycles. The minimum Gasteiger partial charge on any atom is -0.353 e. The van der Waals surface area contributed by atoms with Gasteiger partial charge in [0.05, 0.1) is 17.3 Å². The molecule has 2 amide bonds. The van der Waals surface area contributed by atoms with Crippen molar-refractivity contribution in [3.63, 3.8) is 0 Å². The largest absolute Gasteiger partial charge is 0.353 e. The summed E-state index contributed by atoms with van der Waals surface area (Å²) >= 11 is 0. The Kier molecular flexibility index (Phi) is 6.69. The molecule has 7 nitrogen and oxygen atoms in total. The molecule has 4 rings (SSSR count). The molecule has 2 aromatic rings. The number of likely N-dealkylation sites (tertiary alicyclic amines) is 2. The van der Waals surface area contributed by atoms with Crippen molar-refractivity contribution in [2.75, 3.05) is 26.2 Å². The van der Waals surface area contributed by atoms with E-state index < -0.39 is 0 Å². The number of halogens is 1. The van der Waals surface area contributed by atoms with Gasteiger partial charge in [0.2, 0.25) is 11.8 Å². The van der Waals surface area contributed by atoms with Gasteiger partial charge in [-0.2, -0.15) is 5.10 Å². The highest BCUT2D eigenvalue weighted by atomic mass is 19.1. The fourth-order valence-corrected chi connectivity index (χ4v) is 4.52. The van der Waals surface area contributed by atoms with Gasteiger partial charge in [0.1, 0.15) is 5.82 Å². The number of rotatable bonds is 7. The normalized spacial score (nSPS) is 20.0. The van der Waals surface area contributed by atoms with Crippen LogP contribution in [0.4, 0.5) is 4.39 Å². The molecule has 0 unspecified atom stereocenters. The van der Waals surface area contributed by atoms with E-state index in [0.29, 0.717) is 24.3 Å². The zero-order valence-corrected chi connectivity index (χ0v) is 18.5. The van der Waals surface area contributed by atoms with Gasteiger partial charge in [0.15, 0.2) is 0 Å². The van der Waals surface area contributed by atoms with Gasteiger partial charge in [0, 0.05) is 57.8 Å². The molecule has 2 saturated heterocycles. The molecule has 0 bridgehead atoms. The second-order valence-electron chi connectivity index (χ2n) is 8.67. The maximum absolute atomic E-state index is 14.1. The van der Waals surface area contributed by atoms with E-state index in [4.69, 9.17) is 0 Å². The van der Waals surface area contributed by atoms with Gasteiger partial charge in [-0.1, -0.05) is 18.2 Å². The van der Waals surface area contributed by atoms with E-state index in [-0.39, 0.29) is 36.0 Å². The van der Waals surface area contributed by atoms with Gasteiger partial charge in [0.25, 0.3) is 0 Å². The van der Waals surface area contributed by atoms with Crippen LogP contribution in [0.3, 0.4) is 0 Å². The van der Waals surface area contributed by atoms with Crippen LogP contribution >= 0.6 is 0 Å². The molecule has 0 radical (unpaired) electrons. The van der Waals surface area contributed by atoms with Crippen molar-refractivity contribution in [1.29, 1.82) is 0 Å². The van der Waals surface area contributed by atoms with Crippen LogP contribution in [0.2, 0.25) is 0 Å². The van der Waals surface area contributed by atoms with E-state index in [1.165, 1.54) is 6.07 Å². The number of hydrogen-bond acceptors (Lipinski definition) is 4. The predicted molar refractivity (Wildman–Crippen MR) is 120 cm³/mol. The number of benzene rings is 1. The minimum absolute atomic E-state index is 0.0193. The van der Waals surface area contributed by atoms with Crippen molar-refractivity contribution in [2.45, 2.75) is 31.8 Å². The highest BCUT2D eigenvalue weighted by molar-refractivity contribution is 5.89. The standard InChI is InChI=1S/C24H30FN5O2/c1-3-10-30-15-17(13-23(30)31)24(32)26-18-8-11-29(12-9-18)16-19-14-22(27-28(19)2)20-6-4-5-7-21(20)25/h3-7,14,17-18H,1,8-13,15-16H2,2H3,(H,26,32)/t17-/m1/s1. The van der Waals surface area contributed by atoms with Crippen LogP contribution in [0, 0.1) is 11.7 Å². The molecule has 0 spiro atoms. The maximum Gasteiger partial charge on any atom is 0.225 e. The van der Waals surface area contributed by atoms with Crippen molar-refractivity contribution in [3.8, 4) is 11.3 Å². The van der Waals surface area contributed by atoms with Crippen molar-refractivity contribution < 1.29 is 14.0 Å². The minimum atomic E-state index is -0.273. The number of carbonyl (C=O) groups excluding carboxylic acids is 2. The Bertz CT molecular complexity index is 996. The molecular formula is C24H30FN5O2. The van der Waals surface area contributed by atoms with Crippen molar-refractivity contribution in [3.05, 3.63) is 54.5 Å². The van der Waals surface area contributed by atoms with Crippen LogP contribution < -0.4 is 5.32 Å². The number of hydrogen-bond donors (Lipinski definition) is 1. The van der Waals surface area contributed by atoms with E-state index >= 15 is 0 Å². The van der Waals surface area contributed by atoms with Gasteiger partial charge in [-0.05, 0) is 31.0 Å². The Balaban J connectivity index is 1.28. The third-order valence-corrected chi connectivity index (χ3v) is 6.38. The highest BCUT2D eigenvalue weighted by Gasteiger charge is 2.34. The summed E-state index contributed by atoms with van der Waals surface area (Å²) in [6.45, 7) is 7.08. The zero-order valence-electron chi connectivity index (χ0n) is 18.5. The molecule has 1 aromatic carbocycles. The van der Waals surface area contributed by atoms with Crippen molar-refractivity contribution in [2.24, 2.45) is 13.0 Å². The van der Waals surface area contributed by atoms with E-state index in [9.17, 15) is 14.0 Å². The summed E-state index contributed by atoms with van der Waals surface area (Å²) in [4.78, 5) is 28.6. The second-order valence-corrected chi connectivity index (χ2v) is 8.67. The number of aryl methyl sites for hydroxylation is 1. The summed E-state index contributed by atoms with van der Waals surface area (Å²) in [5.41, 5.74) is 2.17. The molecule has 170 valence electrons. The van der Waals surface area contributed by atoms with Crippen LogP contribution in [-0.4, -0.2) is 63.6 Å². The first-order chi connectivity index (χ1) is 15.4. The number of aromatic nitrogens is 2. The Morgan fingerprint density at radius 1 is 1.31 bits per heavy atom. The quantitative estimate of drug-likeness (QED) is 0.673. The second kappa shape index (κ2) is 9.65. The van der Waals surface area contributed by atoms with E-state index in [0.717, 1.165) is 38.2 Å². The van der Waals surface area contributed by atoms with Crippen molar-refractivity contribution in [1.82, 2.24) is 24.9 Å². The summed E-state index contributed by atoms with van der Waals surface area (Å²) < 4.78 is 15.9. The molecule has 8 heteroatoms. The van der Waals surface area contributed by atoms with Gasteiger partial charge < -0.3 is 10.2 Å². The van der Waals surface area contributed by atoms with Gasteiger partial charge in [-0.25, -0.2) is 4.39 Å². The fraction of sp³-hybridized carbons (Fsp3) is 0.458. The van der Waals surface area contributed by atoms with Crippen LogP contribution in [0.25, 0.3) is 11.3 Å². The fourth-order valence-electron chi connectivity index (χ4n) is 4.52. The lowest BCUT2D eigenvalue weighted by molar-refractivity contribution is -0.129. The Morgan fingerprint density at radius 3 is 2.78 bits per heavy atom. The molecule has 3 heterocycles. The number of nitrogens with zero attached hydrogens (tertiary/aromatic N) is 4. The topological polar surface area (TPSA) is 70.5 Å². The summed E-state index contributed by atoms with van der Waals surface area (Å²) in [6.07, 6.45) is 3.69. The van der Waals surface area contributed by atoms with Gasteiger partial charge in [-0.15, -0.1) is 6.58 Å². The number of carbonyl (C=O) groups is 2. The van der Waals surface area contributed by atoms with Crippen LogP contribution in [0.1, 0.15) is 25.0 Å². The molecule has 2 fully saturated rings. The molecular weight excluding hydrogens is 409 g/mol. The van der Waals surface area contributed by atoms with Crippen LogP contribution in [0.15, 0.2) is 43.0 Å². The molecule has 1 atom stereocenters. The first-order valence-electron chi connectivity index (χ1n) is 11.1. The molecule has 2 aliphatic heterocycles. The lowest BCUT2D eigenvalue weighted by Gasteiger charge is -2.32. The third-order valence-electron chi connectivity index (χ3n) is 6.38. The Labute approximate surface area is 187 Å². The summed E-state index contributed by atoms with van der Waals surface area (Å²) in [5.74, 6) is -0.549. The van der Waals surface area contributed by atoms with E-state index in [1.54, 1.807) is 23.1 Å². The number of piperidine rings is 1. The first-order valence-corrected chi connectivity index (χ1v) is 11.1. The summed E-state index contributed by atoms with van der Waals surface area (Å²) in [5, 5.41) is 7.63. The molecule has 2 aliphatic rings. The summed E-state index contributed by atoms with van der Waals surface area (Å²) in [6, 6.07) is 8.74. The molecule has 32 heavy (non-hydrogen) atoms. The smallest absolute Gasteiger partial charge is 0.225 e. The Morgan fingerprint density at radius 2 is 2.06 bits per heavy atom. The van der Waals surface area contributed by atoms with E-state index in [2.05, 4.69) is 21.9 Å². The van der Waals surface area contributed by atoms with Crippen LogP contribution in [-0.2, 0) is 23.2 Å². The van der Waals surface area contributed by atoms with Crippen LogP contribution in [0.5, 0.6) is 0 Å². The van der Waals surface area contributed by atoms with Gasteiger partial charge >= 0.3 is 0 Å². The highest BCUT2D eigenvalue weighted by Crippen LogP contribution is 2.24. The van der Waals surface area contributed by atoms with E-state index in [1.807, 2.05) is 23.9 Å². The SMILES string of the molecule is C=CCN1C[C@H](C(=O)NC2CCN(Cc3cc(-c4ccccc4F)nn3C)CC2)CC1=O. The number of nitrogens with one attached hydrogen (secondary N) is 1. The van der Waals surface area contributed by atoms with Crippen molar-refractivity contribution >= 4 is 11.8 Å². The first kappa shape index (κ1) is 22.2. The lowest BCUT2D eigenvalue weighted by atomic mass is 10.0. The summed E-state index contributed by atoms with van der Waals surface area (Å²) in [7, 11) is 1.88. The average Bonchev–Trinajstić information content (AvgIpc) is 3.32.